The van der Waals surface area contributed by atoms with Gasteiger partial charge in [0, 0.05) is 56.4 Å². The van der Waals surface area contributed by atoms with E-state index in [0.717, 1.165) is 73.9 Å². The van der Waals surface area contributed by atoms with E-state index < -0.39 is 52.0 Å². The van der Waals surface area contributed by atoms with Crippen LogP contribution in [0.15, 0.2) is 77.7 Å². The Bertz CT molecular complexity index is 1930. The number of halogens is 6. The molecule has 0 radical (unpaired) electrons. The fraction of sp³-hybridized carbons (Fsp3) is 0.444. The molecule has 2 aliphatic rings. The van der Waals surface area contributed by atoms with Crippen molar-refractivity contribution < 1.29 is 44.2 Å². The average molecular weight is 767 g/mol. The van der Waals surface area contributed by atoms with Crippen molar-refractivity contribution in [3.05, 3.63) is 72.8 Å². The maximum absolute atomic E-state index is 13.2. The first kappa shape index (κ1) is 38.2. The predicted octanol–water partition coefficient (Wildman–Crippen LogP) is 7.04. The van der Waals surface area contributed by atoms with Gasteiger partial charge in [0.1, 0.15) is 22.2 Å². The number of ether oxygens (including phenoxy) is 2. The van der Waals surface area contributed by atoms with Crippen molar-refractivity contribution in [2.45, 2.75) is 42.9 Å². The van der Waals surface area contributed by atoms with Crippen molar-refractivity contribution in [3.8, 4) is 11.5 Å². The molecule has 286 valence electrons. The highest BCUT2D eigenvalue weighted by atomic mass is 32.2. The second-order valence-corrected chi connectivity index (χ2v) is 15.0. The summed E-state index contributed by atoms with van der Waals surface area (Å²) in [5.41, 5.74) is 2.03. The van der Waals surface area contributed by atoms with Gasteiger partial charge in [-0.25, -0.2) is 18.1 Å². The van der Waals surface area contributed by atoms with E-state index in [1.165, 1.54) is 5.69 Å². The third-order valence-electron chi connectivity index (χ3n) is 9.36. The summed E-state index contributed by atoms with van der Waals surface area (Å²) >= 11 is 0. The molecule has 3 aromatic carbocycles. The number of anilines is 3. The molecule has 17 heteroatoms. The number of sulfonamides is 1. The second kappa shape index (κ2) is 16.2. The van der Waals surface area contributed by atoms with Crippen molar-refractivity contribution in [2.75, 3.05) is 67.6 Å². The Morgan fingerprint density at radius 3 is 2.00 bits per heavy atom. The van der Waals surface area contributed by atoms with Crippen LogP contribution in [0.2, 0.25) is 0 Å². The van der Waals surface area contributed by atoms with Gasteiger partial charge in [-0.15, -0.1) is 0 Å². The van der Waals surface area contributed by atoms with Crippen LogP contribution in [-0.4, -0.2) is 83.2 Å². The van der Waals surface area contributed by atoms with Crippen LogP contribution in [0.1, 0.15) is 25.7 Å². The fourth-order valence-electron chi connectivity index (χ4n) is 6.61. The SMILES string of the molecule is O=S(=O)(NC[C@H]1CC[C@H](CNc2nc(N3CCN(c4ccccc4)CC3)c3ccccc3n2)CC1)c1cc(OCC(F)(F)F)ccc1OCC(F)(F)F. The lowest BCUT2D eigenvalue weighted by Crippen LogP contribution is -2.47. The van der Waals surface area contributed by atoms with Crippen LogP contribution in [0.25, 0.3) is 10.9 Å². The molecule has 0 spiro atoms. The number of hydrogen-bond donors (Lipinski definition) is 2. The van der Waals surface area contributed by atoms with E-state index in [-0.39, 0.29) is 18.4 Å². The van der Waals surface area contributed by atoms with Crippen molar-refractivity contribution in [3.63, 3.8) is 0 Å². The minimum absolute atomic E-state index is 0.0104. The molecule has 6 rings (SSSR count). The van der Waals surface area contributed by atoms with Gasteiger partial charge in [-0.1, -0.05) is 30.3 Å². The number of hydrogen-bond acceptors (Lipinski definition) is 9. The quantitative estimate of drug-likeness (QED) is 0.139. The largest absolute Gasteiger partial charge is 0.484 e. The standard InChI is InChI=1S/C36H40F6N6O4S/c37-35(38,39)23-51-28-14-15-31(52-24-36(40,41)42)32(20-28)53(49,50)44-22-26-12-10-25(11-13-26)21-43-34-45-30-9-5-4-8-29(30)33(46-34)48-18-16-47(17-19-48)27-6-2-1-3-7-27/h1-9,14-15,20,25-26,44H,10-13,16-19,21-24H2,(H,43,45,46)/t25-,26-. The molecule has 0 amide bonds. The van der Waals surface area contributed by atoms with E-state index in [0.29, 0.717) is 25.3 Å². The molecule has 4 aromatic rings. The number of aromatic nitrogens is 2. The summed E-state index contributed by atoms with van der Waals surface area (Å²) < 4.78 is 115. The summed E-state index contributed by atoms with van der Waals surface area (Å²) in [5.74, 6) is 0.472. The molecule has 0 unspecified atom stereocenters. The van der Waals surface area contributed by atoms with Crippen molar-refractivity contribution in [1.29, 1.82) is 0 Å². The molecule has 1 saturated carbocycles. The molecule has 0 atom stereocenters. The molecule has 1 aliphatic heterocycles. The van der Waals surface area contributed by atoms with Crippen LogP contribution in [0.3, 0.4) is 0 Å². The van der Waals surface area contributed by atoms with E-state index >= 15 is 0 Å². The van der Waals surface area contributed by atoms with Gasteiger partial charge in [0.25, 0.3) is 0 Å². The van der Waals surface area contributed by atoms with Gasteiger partial charge in [0.05, 0.1) is 5.52 Å². The van der Waals surface area contributed by atoms with Crippen molar-refractivity contribution in [2.24, 2.45) is 11.8 Å². The fourth-order valence-corrected chi connectivity index (χ4v) is 7.88. The minimum Gasteiger partial charge on any atom is -0.484 e. The molecule has 2 N–H and O–H groups in total. The number of para-hydroxylation sites is 2. The Balaban J connectivity index is 1.04. The summed E-state index contributed by atoms with van der Waals surface area (Å²) in [5, 5.41) is 4.40. The zero-order valence-electron chi connectivity index (χ0n) is 28.7. The summed E-state index contributed by atoms with van der Waals surface area (Å²) in [7, 11) is -4.48. The Hall–Kier alpha value is -4.51. The summed E-state index contributed by atoms with van der Waals surface area (Å²) in [6.45, 7) is 0.451. The van der Waals surface area contributed by atoms with Gasteiger partial charge in [-0.05, 0) is 73.9 Å². The third-order valence-corrected chi connectivity index (χ3v) is 10.8. The van der Waals surface area contributed by atoms with E-state index in [4.69, 9.17) is 14.7 Å². The first-order valence-electron chi connectivity index (χ1n) is 17.3. The summed E-state index contributed by atoms with van der Waals surface area (Å²) in [6, 6.07) is 20.7. The van der Waals surface area contributed by atoms with E-state index in [9.17, 15) is 34.8 Å². The minimum atomic E-state index is -4.77. The number of fused-ring (bicyclic) bond motifs is 1. The van der Waals surface area contributed by atoms with Gasteiger partial charge in [0.2, 0.25) is 16.0 Å². The van der Waals surface area contributed by atoms with Gasteiger partial charge < -0.3 is 24.6 Å². The van der Waals surface area contributed by atoms with Crippen molar-refractivity contribution >= 4 is 38.4 Å². The first-order valence-corrected chi connectivity index (χ1v) is 18.8. The zero-order valence-corrected chi connectivity index (χ0v) is 29.5. The molecule has 1 aliphatic carbocycles. The van der Waals surface area contributed by atoms with Gasteiger partial charge in [-0.2, -0.15) is 31.3 Å². The zero-order chi connectivity index (χ0) is 37.6. The van der Waals surface area contributed by atoms with Crippen molar-refractivity contribution in [1.82, 2.24) is 14.7 Å². The normalized spacial score (nSPS) is 18.6. The molecular weight excluding hydrogens is 726 g/mol. The monoisotopic (exact) mass is 766 g/mol. The number of piperazine rings is 1. The molecule has 53 heavy (non-hydrogen) atoms. The van der Waals surface area contributed by atoms with Gasteiger partial charge in [-0.3, -0.25) is 0 Å². The lowest BCUT2D eigenvalue weighted by molar-refractivity contribution is -0.154. The van der Waals surface area contributed by atoms with Gasteiger partial charge >= 0.3 is 12.4 Å². The van der Waals surface area contributed by atoms with E-state index in [1.807, 2.05) is 42.5 Å². The van der Waals surface area contributed by atoms with Crippen LogP contribution in [0.4, 0.5) is 43.8 Å². The molecular formula is C36H40F6N6O4S. The van der Waals surface area contributed by atoms with E-state index in [1.54, 1.807) is 0 Å². The maximum atomic E-state index is 13.2. The molecule has 10 nitrogen and oxygen atoms in total. The highest BCUT2D eigenvalue weighted by Gasteiger charge is 2.32. The van der Waals surface area contributed by atoms with Crippen LogP contribution >= 0.6 is 0 Å². The Morgan fingerprint density at radius 1 is 0.717 bits per heavy atom. The lowest BCUT2D eigenvalue weighted by atomic mass is 9.82. The summed E-state index contributed by atoms with van der Waals surface area (Å²) in [6.07, 6.45) is -6.56. The smallest absolute Gasteiger partial charge is 0.422 e. The number of nitrogens with zero attached hydrogens (tertiary/aromatic N) is 4. The van der Waals surface area contributed by atoms with E-state index in [2.05, 4.69) is 36.7 Å². The molecule has 1 saturated heterocycles. The van der Waals surface area contributed by atoms with Crippen LogP contribution in [0, 0.1) is 11.8 Å². The highest BCUT2D eigenvalue weighted by Crippen LogP contribution is 2.33. The topological polar surface area (TPSA) is 109 Å². The van der Waals surface area contributed by atoms with Crippen LogP contribution < -0.4 is 29.3 Å². The number of benzene rings is 3. The second-order valence-electron chi connectivity index (χ2n) is 13.2. The average Bonchev–Trinajstić information content (AvgIpc) is 3.14. The highest BCUT2D eigenvalue weighted by molar-refractivity contribution is 7.89. The molecule has 0 bridgehead atoms. The first-order chi connectivity index (χ1) is 25.2. The Kier molecular flexibility index (Phi) is 11.7. The third kappa shape index (κ3) is 10.6. The summed E-state index contributed by atoms with van der Waals surface area (Å²) in [4.78, 5) is 13.6. The van der Waals surface area contributed by atoms with Gasteiger partial charge in [0.15, 0.2) is 13.2 Å². The lowest BCUT2D eigenvalue weighted by Gasteiger charge is -2.37. The maximum Gasteiger partial charge on any atom is 0.422 e. The molecule has 2 fully saturated rings. The molecule has 1 aromatic heterocycles. The predicted molar refractivity (Wildman–Crippen MR) is 189 cm³/mol. The number of nitrogens with one attached hydrogen (secondary N) is 2. The van der Waals surface area contributed by atoms with Crippen LogP contribution in [-0.2, 0) is 10.0 Å². The number of rotatable bonds is 13. The Morgan fingerprint density at radius 2 is 1.32 bits per heavy atom. The number of alkyl halides is 6. The Labute approximate surface area is 303 Å². The van der Waals surface area contributed by atoms with Crippen LogP contribution in [0.5, 0.6) is 11.5 Å². The molecule has 2 heterocycles.